The standard InChI is InChI=1S/C8H7NO2/c1-2-9-6-3-5(1)7-8(6)11-4-10-7/h1-2,6H,3-4H2/t6-/m0/s1. The summed E-state index contributed by atoms with van der Waals surface area (Å²) in [5.41, 5.74) is 1.23. The van der Waals surface area contributed by atoms with Gasteiger partial charge in [-0.05, 0) is 6.08 Å². The largest absolute Gasteiger partial charge is 0.456 e. The first kappa shape index (κ1) is 5.41. The second-order valence-electron chi connectivity index (χ2n) is 2.81. The minimum absolute atomic E-state index is 0.215. The maximum atomic E-state index is 5.30. The van der Waals surface area contributed by atoms with E-state index in [1.54, 1.807) is 0 Å². The number of nitrogens with zero attached hydrogens (tertiary/aromatic N) is 1. The fraction of sp³-hybridized carbons (Fsp3) is 0.375. The van der Waals surface area contributed by atoms with Gasteiger partial charge in [0.25, 0.3) is 0 Å². The molecule has 0 aromatic carbocycles. The molecule has 3 rings (SSSR count). The number of dihydropyridines is 1. The number of allylic oxidation sites excluding steroid dienone is 2. The van der Waals surface area contributed by atoms with E-state index in [9.17, 15) is 0 Å². The molecule has 0 saturated carbocycles. The number of hydrogen-bond acceptors (Lipinski definition) is 3. The lowest BCUT2D eigenvalue weighted by molar-refractivity contribution is 0.0643. The summed E-state index contributed by atoms with van der Waals surface area (Å²) >= 11 is 0. The van der Waals surface area contributed by atoms with E-state index in [-0.39, 0.29) is 6.04 Å². The Bertz CT molecular complexity index is 301. The molecule has 2 aliphatic heterocycles. The highest BCUT2D eigenvalue weighted by atomic mass is 16.7. The van der Waals surface area contributed by atoms with E-state index in [0.717, 1.165) is 17.9 Å². The molecule has 1 aliphatic carbocycles. The van der Waals surface area contributed by atoms with Crippen LogP contribution in [-0.2, 0) is 9.47 Å². The molecule has 0 amide bonds. The van der Waals surface area contributed by atoms with Gasteiger partial charge in [-0.1, -0.05) is 0 Å². The van der Waals surface area contributed by atoms with Crippen LogP contribution < -0.4 is 0 Å². The Kier molecular flexibility index (Phi) is 0.820. The van der Waals surface area contributed by atoms with Crippen molar-refractivity contribution >= 4 is 6.21 Å². The molecule has 0 unspecified atom stereocenters. The third kappa shape index (κ3) is 0.557. The lowest BCUT2D eigenvalue weighted by atomic mass is 10.1. The van der Waals surface area contributed by atoms with E-state index in [0.29, 0.717) is 6.79 Å². The van der Waals surface area contributed by atoms with Gasteiger partial charge in [0.05, 0.1) is 0 Å². The first-order valence-corrected chi connectivity index (χ1v) is 3.67. The summed E-state index contributed by atoms with van der Waals surface area (Å²) in [4.78, 5) is 4.27. The normalized spacial score (nSPS) is 31.3. The highest BCUT2D eigenvalue weighted by Crippen LogP contribution is 2.39. The van der Waals surface area contributed by atoms with E-state index in [1.807, 2.05) is 12.3 Å². The minimum Gasteiger partial charge on any atom is -0.456 e. The Hall–Kier alpha value is -1.25. The molecule has 56 valence electrons. The molecule has 3 nitrogen and oxygen atoms in total. The SMILES string of the molecule is C1=N[C@H]2CC(=C1)C1=C2OCO1. The van der Waals surface area contributed by atoms with E-state index in [2.05, 4.69) is 4.99 Å². The Morgan fingerprint density at radius 3 is 3.45 bits per heavy atom. The molecule has 3 heteroatoms. The smallest absolute Gasteiger partial charge is 0.230 e. The van der Waals surface area contributed by atoms with Crippen LogP contribution in [0.15, 0.2) is 28.2 Å². The Balaban J connectivity index is 2.16. The second kappa shape index (κ2) is 1.67. The molecule has 3 aliphatic rings. The van der Waals surface area contributed by atoms with Crippen LogP contribution >= 0.6 is 0 Å². The van der Waals surface area contributed by atoms with Crippen molar-refractivity contribution in [1.29, 1.82) is 0 Å². The third-order valence-electron chi connectivity index (χ3n) is 2.19. The van der Waals surface area contributed by atoms with Crippen molar-refractivity contribution in [3.63, 3.8) is 0 Å². The first-order valence-electron chi connectivity index (χ1n) is 3.67. The van der Waals surface area contributed by atoms with Crippen molar-refractivity contribution in [2.24, 2.45) is 4.99 Å². The van der Waals surface area contributed by atoms with Crippen LogP contribution in [-0.4, -0.2) is 19.0 Å². The zero-order valence-electron chi connectivity index (χ0n) is 5.91. The van der Waals surface area contributed by atoms with Gasteiger partial charge >= 0.3 is 0 Å². The minimum atomic E-state index is 0.215. The molecule has 2 bridgehead atoms. The molecule has 0 N–H and O–H groups in total. The predicted molar refractivity (Wildman–Crippen MR) is 39.0 cm³/mol. The quantitative estimate of drug-likeness (QED) is 0.514. The van der Waals surface area contributed by atoms with Gasteiger partial charge in [-0.25, -0.2) is 0 Å². The number of aliphatic imine (C=N–C) groups is 1. The van der Waals surface area contributed by atoms with Crippen molar-refractivity contribution in [3.8, 4) is 0 Å². The van der Waals surface area contributed by atoms with Gasteiger partial charge in [0.2, 0.25) is 6.79 Å². The Morgan fingerprint density at radius 2 is 2.45 bits per heavy atom. The zero-order chi connectivity index (χ0) is 7.26. The van der Waals surface area contributed by atoms with E-state index in [4.69, 9.17) is 9.47 Å². The molecular formula is C8H7NO2. The van der Waals surface area contributed by atoms with Crippen LogP contribution in [0.25, 0.3) is 0 Å². The average Bonchev–Trinajstić information content (AvgIpc) is 2.58. The highest BCUT2D eigenvalue weighted by molar-refractivity contribution is 5.77. The number of hydrogen-bond donors (Lipinski definition) is 0. The molecular weight excluding hydrogens is 142 g/mol. The van der Waals surface area contributed by atoms with Crippen LogP contribution in [0.2, 0.25) is 0 Å². The van der Waals surface area contributed by atoms with Gasteiger partial charge in [-0.15, -0.1) is 0 Å². The van der Waals surface area contributed by atoms with Crippen LogP contribution in [0.3, 0.4) is 0 Å². The van der Waals surface area contributed by atoms with Crippen LogP contribution in [0.1, 0.15) is 6.42 Å². The van der Waals surface area contributed by atoms with Crippen molar-refractivity contribution < 1.29 is 9.47 Å². The Labute approximate surface area is 64.0 Å². The van der Waals surface area contributed by atoms with Crippen molar-refractivity contribution in [1.82, 2.24) is 0 Å². The predicted octanol–water partition coefficient (Wildman–Crippen LogP) is 0.985. The molecule has 0 aromatic rings. The molecule has 0 fully saturated rings. The van der Waals surface area contributed by atoms with Crippen molar-refractivity contribution in [2.75, 3.05) is 6.79 Å². The Morgan fingerprint density at radius 1 is 1.45 bits per heavy atom. The van der Waals surface area contributed by atoms with Crippen LogP contribution in [0, 0.1) is 0 Å². The summed E-state index contributed by atoms with van der Waals surface area (Å²) in [5.74, 6) is 1.87. The fourth-order valence-corrected chi connectivity index (χ4v) is 1.68. The van der Waals surface area contributed by atoms with Crippen molar-refractivity contribution in [2.45, 2.75) is 12.5 Å². The summed E-state index contributed by atoms with van der Waals surface area (Å²) in [7, 11) is 0. The van der Waals surface area contributed by atoms with Gasteiger partial charge in [0, 0.05) is 18.2 Å². The molecule has 0 aromatic heterocycles. The third-order valence-corrected chi connectivity index (χ3v) is 2.19. The maximum Gasteiger partial charge on any atom is 0.230 e. The molecule has 0 radical (unpaired) electrons. The van der Waals surface area contributed by atoms with Gasteiger partial charge in [-0.2, -0.15) is 0 Å². The van der Waals surface area contributed by atoms with Gasteiger partial charge in [-0.3, -0.25) is 4.99 Å². The van der Waals surface area contributed by atoms with Gasteiger partial charge in [0.1, 0.15) is 6.04 Å². The topological polar surface area (TPSA) is 30.8 Å². The van der Waals surface area contributed by atoms with Gasteiger partial charge in [0.15, 0.2) is 11.5 Å². The molecule has 11 heavy (non-hydrogen) atoms. The summed E-state index contributed by atoms with van der Waals surface area (Å²) in [5, 5.41) is 0. The summed E-state index contributed by atoms with van der Waals surface area (Å²) in [6, 6.07) is 0.215. The maximum absolute atomic E-state index is 5.30. The lowest BCUT2D eigenvalue weighted by Gasteiger charge is -2.10. The summed E-state index contributed by atoms with van der Waals surface area (Å²) in [6.45, 7) is 0.369. The van der Waals surface area contributed by atoms with Crippen LogP contribution in [0.5, 0.6) is 0 Å². The number of rotatable bonds is 0. The number of ether oxygens (including phenoxy) is 2. The molecule has 2 heterocycles. The summed E-state index contributed by atoms with van der Waals surface area (Å²) < 4.78 is 10.6. The van der Waals surface area contributed by atoms with Crippen LogP contribution in [0.4, 0.5) is 0 Å². The average molecular weight is 149 g/mol. The van der Waals surface area contributed by atoms with E-state index >= 15 is 0 Å². The monoisotopic (exact) mass is 149 g/mol. The molecule has 1 atom stereocenters. The molecule has 0 saturated heterocycles. The van der Waals surface area contributed by atoms with Crippen molar-refractivity contribution in [3.05, 3.63) is 23.2 Å². The fourth-order valence-electron chi connectivity index (χ4n) is 1.68. The number of fused-ring (bicyclic) bond motifs is 4. The lowest BCUT2D eigenvalue weighted by Crippen LogP contribution is -2.08. The van der Waals surface area contributed by atoms with E-state index in [1.165, 1.54) is 5.57 Å². The first-order chi connectivity index (χ1) is 5.45. The second-order valence-corrected chi connectivity index (χ2v) is 2.81. The molecule has 0 spiro atoms. The van der Waals surface area contributed by atoms with E-state index < -0.39 is 0 Å². The zero-order valence-corrected chi connectivity index (χ0v) is 5.91. The van der Waals surface area contributed by atoms with Gasteiger partial charge < -0.3 is 9.47 Å². The highest BCUT2D eigenvalue weighted by Gasteiger charge is 2.36. The summed E-state index contributed by atoms with van der Waals surface area (Å²) in [6.07, 6.45) is 4.78.